The van der Waals surface area contributed by atoms with Crippen molar-refractivity contribution in [1.29, 1.82) is 0 Å². The van der Waals surface area contributed by atoms with Gasteiger partial charge in [-0.2, -0.15) is 0 Å². The third kappa shape index (κ3) is 1.57. The van der Waals surface area contributed by atoms with Crippen LogP contribution in [0, 0.1) is 11.3 Å². The molecule has 2 rings (SSSR count). The van der Waals surface area contributed by atoms with Crippen LogP contribution in [-0.4, -0.2) is 26.8 Å². The molecule has 2 aliphatic rings. The minimum atomic E-state index is 0.847. The monoisotopic (exact) mass is 155 g/mol. The van der Waals surface area contributed by atoms with Crippen LogP contribution in [0.5, 0.6) is 0 Å². The summed E-state index contributed by atoms with van der Waals surface area (Å²) in [7, 11) is 1.75. The number of hydrogen-bond donors (Lipinski definition) is 1. The van der Waals surface area contributed by atoms with E-state index in [-0.39, 0.29) is 0 Å². The first-order valence-corrected chi connectivity index (χ1v) is 4.57. The molecule has 0 saturated heterocycles. The summed E-state index contributed by atoms with van der Waals surface area (Å²) in [6, 6.07) is 0. The highest BCUT2D eigenvalue weighted by Gasteiger charge is 2.61. The SMILES string of the molecule is COCCNCC1CC12CC2. The van der Waals surface area contributed by atoms with Gasteiger partial charge in [0.15, 0.2) is 0 Å². The quantitative estimate of drug-likeness (QED) is 0.599. The molecular weight excluding hydrogens is 138 g/mol. The maximum atomic E-state index is 4.95. The molecule has 1 N–H and O–H groups in total. The van der Waals surface area contributed by atoms with Crippen molar-refractivity contribution in [3.8, 4) is 0 Å². The molecule has 1 spiro atoms. The molecule has 0 radical (unpaired) electrons. The Morgan fingerprint density at radius 1 is 1.55 bits per heavy atom. The van der Waals surface area contributed by atoms with E-state index >= 15 is 0 Å². The van der Waals surface area contributed by atoms with Gasteiger partial charge in [-0.1, -0.05) is 0 Å². The molecule has 0 aromatic heterocycles. The first-order chi connectivity index (χ1) is 5.37. The molecule has 2 aliphatic carbocycles. The molecule has 2 heteroatoms. The van der Waals surface area contributed by atoms with E-state index in [1.807, 2.05) is 0 Å². The van der Waals surface area contributed by atoms with Gasteiger partial charge in [0.25, 0.3) is 0 Å². The molecule has 2 saturated carbocycles. The lowest BCUT2D eigenvalue weighted by Crippen LogP contribution is -2.22. The van der Waals surface area contributed by atoms with E-state index in [0.29, 0.717) is 0 Å². The lowest BCUT2D eigenvalue weighted by atomic mass is 10.3. The molecule has 11 heavy (non-hydrogen) atoms. The maximum Gasteiger partial charge on any atom is 0.0587 e. The number of rotatable bonds is 5. The fourth-order valence-electron chi connectivity index (χ4n) is 1.94. The summed E-state index contributed by atoms with van der Waals surface area (Å²) >= 11 is 0. The Bertz CT molecular complexity index is 142. The molecule has 1 atom stereocenters. The van der Waals surface area contributed by atoms with Gasteiger partial charge in [0.05, 0.1) is 6.61 Å². The van der Waals surface area contributed by atoms with Crippen LogP contribution in [0.3, 0.4) is 0 Å². The van der Waals surface area contributed by atoms with Crippen molar-refractivity contribution in [3.63, 3.8) is 0 Å². The average molecular weight is 155 g/mol. The molecule has 2 nitrogen and oxygen atoms in total. The van der Waals surface area contributed by atoms with Gasteiger partial charge < -0.3 is 10.1 Å². The summed E-state index contributed by atoms with van der Waals surface area (Å²) in [6.45, 7) is 3.09. The van der Waals surface area contributed by atoms with Gasteiger partial charge in [-0.25, -0.2) is 0 Å². The van der Waals surface area contributed by atoms with Gasteiger partial charge in [0, 0.05) is 13.7 Å². The van der Waals surface area contributed by atoms with Gasteiger partial charge in [0.1, 0.15) is 0 Å². The molecule has 0 aromatic rings. The van der Waals surface area contributed by atoms with Crippen LogP contribution in [-0.2, 0) is 4.74 Å². The van der Waals surface area contributed by atoms with E-state index in [9.17, 15) is 0 Å². The third-order valence-corrected chi connectivity index (χ3v) is 3.12. The van der Waals surface area contributed by atoms with Gasteiger partial charge in [-0.3, -0.25) is 0 Å². The summed E-state index contributed by atoms with van der Waals surface area (Å²) in [5.74, 6) is 1.01. The average Bonchev–Trinajstić information content (AvgIpc) is 2.88. The lowest BCUT2D eigenvalue weighted by molar-refractivity contribution is 0.199. The topological polar surface area (TPSA) is 21.3 Å². The maximum absolute atomic E-state index is 4.95. The molecule has 2 fully saturated rings. The van der Waals surface area contributed by atoms with Crippen LogP contribution in [0.15, 0.2) is 0 Å². The summed E-state index contributed by atoms with van der Waals surface area (Å²) in [6.07, 6.45) is 4.50. The Morgan fingerprint density at radius 2 is 2.36 bits per heavy atom. The largest absolute Gasteiger partial charge is 0.383 e. The van der Waals surface area contributed by atoms with Crippen LogP contribution >= 0.6 is 0 Å². The third-order valence-electron chi connectivity index (χ3n) is 3.12. The number of methoxy groups -OCH3 is 1. The van der Waals surface area contributed by atoms with Gasteiger partial charge in [-0.05, 0) is 37.1 Å². The van der Waals surface area contributed by atoms with Crippen LogP contribution in [0.2, 0.25) is 0 Å². The summed E-state index contributed by atoms with van der Waals surface area (Å²) in [5, 5.41) is 3.42. The van der Waals surface area contributed by atoms with Gasteiger partial charge >= 0.3 is 0 Å². The van der Waals surface area contributed by atoms with E-state index in [0.717, 1.165) is 24.5 Å². The predicted octanol–water partition coefficient (Wildman–Crippen LogP) is 1.02. The van der Waals surface area contributed by atoms with Crippen molar-refractivity contribution in [3.05, 3.63) is 0 Å². The highest BCUT2D eigenvalue weighted by molar-refractivity contribution is 5.12. The number of hydrogen-bond acceptors (Lipinski definition) is 2. The highest BCUT2D eigenvalue weighted by atomic mass is 16.5. The minimum Gasteiger partial charge on any atom is -0.383 e. The van der Waals surface area contributed by atoms with E-state index < -0.39 is 0 Å². The van der Waals surface area contributed by atoms with Crippen molar-refractivity contribution in [1.82, 2.24) is 5.32 Å². The van der Waals surface area contributed by atoms with Crippen LogP contribution in [0.25, 0.3) is 0 Å². The van der Waals surface area contributed by atoms with Gasteiger partial charge in [0.2, 0.25) is 0 Å². The Hall–Kier alpha value is -0.0800. The zero-order valence-corrected chi connectivity index (χ0v) is 7.23. The molecule has 0 aliphatic heterocycles. The molecule has 0 amide bonds. The number of nitrogens with one attached hydrogen (secondary N) is 1. The van der Waals surface area contributed by atoms with Crippen molar-refractivity contribution < 1.29 is 4.74 Å². The van der Waals surface area contributed by atoms with Crippen LogP contribution in [0.1, 0.15) is 19.3 Å². The zero-order valence-electron chi connectivity index (χ0n) is 7.23. The van der Waals surface area contributed by atoms with Crippen LogP contribution < -0.4 is 5.32 Å². The lowest BCUT2D eigenvalue weighted by Gasteiger charge is -2.01. The number of ether oxygens (including phenoxy) is 1. The normalized spacial score (nSPS) is 30.8. The first-order valence-electron chi connectivity index (χ1n) is 4.57. The van der Waals surface area contributed by atoms with Crippen molar-refractivity contribution in [2.24, 2.45) is 11.3 Å². The second-order valence-corrected chi connectivity index (χ2v) is 3.96. The first kappa shape index (κ1) is 7.56. The smallest absolute Gasteiger partial charge is 0.0587 e. The molecule has 0 heterocycles. The predicted molar refractivity (Wildman–Crippen MR) is 44.5 cm³/mol. The van der Waals surface area contributed by atoms with Crippen LogP contribution in [0.4, 0.5) is 0 Å². The van der Waals surface area contributed by atoms with E-state index in [1.54, 1.807) is 7.11 Å². The standard InChI is InChI=1S/C9H17NO/c1-11-5-4-10-7-8-6-9(8)2-3-9/h8,10H,2-7H2,1H3. The van der Waals surface area contributed by atoms with E-state index in [1.165, 1.54) is 25.8 Å². The Labute approximate surface area is 68.3 Å². The Morgan fingerprint density at radius 3 is 2.91 bits per heavy atom. The molecular formula is C9H17NO. The zero-order chi connectivity index (χ0) is 7.73. The highest BCUT2D eigenvalue weighted by Crippen LogP contribution is 2.70. The van der Waals surface area contributed by atoms with Crippen molar-refractivity contribution in [2.45, 2.75) is 19.3 Å². The molecule has 0 bridgehead atoms. The Balaban J connectivity index is 1.49. The molecule has 0 aromatic carbocycles. The van der Waals surface area contributed by atoms with E-state index in [2.05, 4.69) is 5.32 Å². The van der Waals surface area contributed by atoms with E-state index in [4.69, 9.17) is 4.74 Å². The fraction of sp³-hybridized carbons (Fsp3) is 1.00. The second-order valence-electron chi connectivity index (χ2n) is 3.96. The summed E-state index contributed by atoms with van der Waals surface area (Å²) < 4.78 is 4.95. The Kier molecular flexibility index (Phi) is 1.90. The fourth-order valence-corrected chi connectivity index (χ4v) is 1.94. The summed E-state index contributed by atoms with van der Waals surface area (Å²) in [5.41, 5.74) is 0.861. The van der Waals surface area contributed by atoms with Gasteiger partial charge in [-0.15, -0.1) is 0 Å². The summed E-state index contributed by atoms with van der Waals surface area (Å²) in [4.78, 5) is 0. The minimum absolute atomic E-state index is 0.847. The second kappa shape index (κ2) is 2.76. The van der Waals surface area contributed by atoms with Crippen molar-refractivity contribution in [2.75, 3.05) is 26.8 Å². The van der Waals surface area contributed by atoms with Crippen molar-refractivity contribution >= 4 is 0 Å². The molecule has 64 valence electrons. The molecule has 1 unspecified atom stereocenters.